The molecule has 0 atom stereocenters. The smallest absolute Gasteiger partial charge is 0.382 e. The molecule has 1 N–H and O–H groups in total. The lowest BCUT2D eigenvalue weighted by Crippen LogP contribution is -2.05. The first kappa shape index (κ1) is 13.0. The summed E-state index contributed by atoms with van der Waals surface area (Å²) >= 11 is 6.26. The Balaban J connectivity index is 2.20. The number of hydrogen-bond acceptors (Lipinski definition) is 1. The minimum Gasteiger partial charge on any atom is -0.472 e. The summed E-state index contributed by atoms with van der Waals surface area (Å²) in [6, 6.07) is 5.61. The molecule has 0 aromatic heterocycles. The van der Waals surface area contributed by atoms with Crippen LogP contribution in [-0.2, 0) is 4.79 Å². The molecule has 0 unspecified atom stereocenters. The first-order chi connectivity index (χ1) is 8.66. The van der Waals surface area contributed by atoms with Crippen molar-refractivity contribution in [3.63, 3.8) is 0 Å². The van der Waals surface area contributed by atoms with Crippen LogP contribution in [0.2, 0.25) is 5.02 Å². The number of halogens is 1. The van der Waals surface area contributed by atoms with E-state index in [9.17, 15) is 4.79 Å². The number of aliphatic carboxylic acids is 1. The molecular formula is C15H15ClO2. The van der Waals surface area contributed by atoms with Gasteiger partial charge in [0, 0.05) is 16.5 Å². The van der Waals surface area contributed by atoms with Gasteiger partial charge in [-0.05, 0) is 36.5 Å². The zero-order valence-corrected chi connectivity index (χ0v) is 10.8. The van der Waals surface area contributed by atoms with Crippen LogP contribution in [0, 0.1) is 11.8 Å². The minimum absolute atomic E-state index is 0.549. The topological polar surface area (TPSA) is 37.3 Å². The Labute approximate surface area is 112 Å². The molecular weight excluding hydrogens is 248 g/mol. The highest BCUT2D eigenvalue weighted by molar-refractivity contribution is 6.31. The van der Waals surface area contributed by atoms with Gasteiger partial charge in [-0.1, -0.05) is 42.9 Å². The zero-order chi connectivity index (χ0) is 13.0. The normalized spacial score (nSPS) is 15.8. The first-order valence-electron chi connectivity index (χ1n) is 6.21. The lowest BCUT2D eigenvalue weighted by atomic mass is 9.84. The summed E-state index contributed by atoms with van der Waals surface area (Å²) in [4.78, 5) is 10.4. The molecule has 0 amide bonds. The molecule has 1 fully saturated rings. The molecule has 0 bridgehead atoms. The standard InChI is InChI=1S/C15H15ClO2/c16-14-10-11(7-9-15(17)18)6-8-13(14)12-4-2-1-3-5-12/h6,8,10,12H,1-5H2,(H,17,18). The summed E-state index contributed by atoms with van der Waals surface area (Å²) in [7, 11) is 0. The van der Waals surface area contributed by atoms with Gasteiger partial charge < -0.3 is 5.11 Å². The van der Waals surface area contributed by atoms with Gasteiger partial charge in [-0.25, -0.2) is 4.79 Å². The van der Waals surface area contributed by atoms with E-state index in [2.05, 4.69) is 11.8 Å². The van der Waals surface area contributed by atoms with Crippen molar-refractivity contribution in [2.24, 2.45) is 0 Å². The van der Waals surface area contributed by atoms with Gasteiger partial charge in [0.1, 0.15) is 0 Å². The Morgan fingerprint density at radius 2 is 2.00 bits per heavy atom. The van der Waals surface area contributed by atoms with Crippen LogP contribution in [0.3, 0.4) is 0 Å². The maximum Gasteiger partial charge on any atom is 0.382 e. The second-order valence-corrected chi connectivity index (χ2v) is 5.03. The molecule has 1 aromatic carbocycles. The van der Waals surface area contributed by atoms with Crippen LogP contribution in [0.5, 0.6) is 0 Å². The average Bonchev–Trinajstić information content (AvgIpc) is 2.37. The van der Waals surface area contributed by atoms with Crippen LogP contribution in [0.4, 0.5) is 0 Å². The summed E-state index contributed by atoms with van der Waals surface area (Å²) in [5, 5.41) is 9.20. The first-order valence-corrected chi connectivity index (χ1v) is 6.59. The van der Waals surface area contributed by atoms with Crippen molar-refractivity contribution in [3.8, 4) is 11.8 Å². The van der Waals surface area contributed by atoms with Crippen molar-refractivity contribution >= 4 is 17.6 Å². The van der Waals surface area contributed by atoms with Crippen LogP contribution in [0.1, 0.15) is 49.1 Å². The number of benzene rings is 1. The molecule has 0 saturated heterocycles. The number of carboxylic acids is 1. The summed E-state index contributed by atoms with van der Waals surface area (Å²) in [6.07, 6.45) is 6.24. The predicted molar refractivity (Wildman–Crippen MR) is 71.8 cm³/mol. The fourth-order valence-corrected chi connectivity index (χ4v) is 2.81. The Morgan fingerprint density at radius 3 is 2.61 bits per heavy atom. The van der Waals surface area contributed by atoms with Crippen molar-refractivity contribution in [1.29, 1.82) is 0 Å². The Morgan fingerprint density at radius 1 is 1.28 bits per heavy atom. The molecule has 1 saturated carbocycles. The monoisotopic (exact) mass is 262 g/mol. The maximum atomic E-state index is 10.4. The molecule has 2 nitrogen and oxygen atoms in total. The third-order valence-corrected chi connectivity index (χ3v) is 3.69. The average molecular weight is 263 g/mol. The van der Waals surface area contributed by atoms with E-state index in [0.29, 0.717) is 16.5 Å². The quantitative estimate of drug-likeness (QED) is 0.781. The number of carbonyl (C=O) groups is 1. The highest BCUT2D eigenvalue weighted by Crippen LogP contribution is 2.36. The minimum atomic E-state index is -1.12. The molecule has 0 aliphatic heterocycles. The molecule has 18 heavy (non-hydrogen) atoms. The van der Waals surface area contributed by atoms with E-state index in [1.165, 1.54) is 37.7 Å². The van der Waals surface area contributed by atoms with Gasteiger partial charge in [0.2, 0.25) is 0 Å². The van der Waals surface area contributed by atoms with Crippen molar-refractivity contribution in [3.05, 3.63) is 34.3 Å². The number of hydrogen-bond donors (Lipinski definition) is 1. The summed E-state index contributed by atoms with van der Waals surface area (Å²) in [5.74, 6) is 4.10. The summed E-state index contributed by atoms with van der Waals surface area (Å²) < 4.78 is 0. The van der Waals surface area contributed by atoms with E-state index in [-0.39, 0.29) is 0 Å². The van der Waals surface area contributed by atoms with E-state index in [0.717, 1.165) is 0 Å². The Hall–Kier alpha value is -1.46. The lowest BCUT2D eigenvalue weighted by molar-refractivity contribution is -0.130. The van der Waals surface area contributed by atoms with E-state index in [1.807, 2.05) is 12.1 Å². The predicted octanol–water partition coefficient (Wildman–Crippen LogP) is 3.82. The third kappa shape index (κ3) is 3.27. The van der Waals surface area contributed by atoms with E-state index < -0.39 is 5.97 Å². The lowest BCUT2D eigenvalue weighted by Gasteiger charge is -2.22. The van der Waals surface area contributed by atoms with Crippen LogP contribution < -0.4 is 0 Å². The van der Waals surface area contributed by atoms with E-state index >= 15 is 0 Å². The number of carboxylic acid groups (broad SMARTS) is 1. The summed E-state index contributed by atoms with van der Waals surface area (Å²) in [5.41, 5.74) is 1.83. The zero-order valence-electron chi connectivity index (χ0n) is 10.1. The Bertz CT molecular complexity index is 505. The second kappa shape index (κ2) is 5.93. The van der Waals surface area contributed by atoms with Crippen molar-refractivity contribution in [2.45, 2.75) is 38.0 Å². The van der Waals surface area contributed by atoms with Crippen LogP contribution in [0.25, 0.3) is 0 Å². The van der Waals surface area contributed by atoms with E-state index in [4.69, 9.17) is 16.7 Å². The van der Waals surface area contributed by atoms with Crippen molar-refractivity contribution in [2.75, 3.05) is 0 Å². The highest BCUT2D eigenvalue weighted by Gasteiger charge is 2.17. The molecule has 1 aliphatic carbocycles. The Kier molecular flexibility index (Phi) is 4.28. The van der Waals surface area contributed by atoms with Crippen LogP contribution >= 0.6 is 11.6 Å². The number of rotatable bonds is 1. The highest BCUT2D eigenvalue weighted by atomic mass is 35.5. The van der Waals surface area contributed by atoms with Gasteiger partial charge in [0.25, 0.3) is 0 Å². The molecule has 0 spiro atoms. The summed E-state index contributed by atoms with van der Waals surface area (Å²) in [6.45, 7) is 0. The largest absolute Gasteiger partial charge is 0.472 e. The van der Waals surface area contributed by atoms with Gasteiger partial charge in [0.05, 0.1) is 0 Å². The van der Waals surface area contributed by atoms with Gasteiger partial charge in [-0.3, -0.25) is 0 Å². The second-order valence-electron chi connectivity index (χ2n) is 4.63. The third-order valence-electron chi connectivity index (χ3n) is 3.36. The fourth-order valence-electron chi connectivity index (χ4n) is 2.48. The van der Waals surface area contributed by atoms with Crippen LogP contribution in [0.15, 0.2) is 18.2 Å². The van der Waals surface area contributed by atoms with Gasteiger partial charge in [-0.2, -0.15) is 0 Å². The van der Waals surface area contributed by atoms with Crippen molar-refractivity contribution in [1.82, 2.24) is 0 Å². The van der Waals surface area contributed by atoms with Gasteiger partial charge in [-0.15, -0.1) is 0 Å². The van der Waals surface area contributed by atoms with Gasteiger partial charge >= 0.3 is 5.97 Å². The molecule has 1 aromatic rings. The molecule has 0 radical (unpaired) electrons. The SMILES string of the molecule is O=C(O)C#Cc1ccc(C2CCCCC2)c(Cl)c1. The molecule has 94 valence electrons. The maximum absolute atomic E-state index is 10.4. The van der Waals surface area contributed by atoms with Gasteiger partial charge in [0.15, 0.2) is 0 Å². The molecule has 0 heterocycles. The van der Waals surface area contributed by atoms with E-state index in [1.54, 1.807) is 6.07 Å². The van der Waals surface area contributed by atoms with Crippen LogP contribution in [-0.4, -0.2) is 11.1 Å². The molecule has 2 rings (SSSR count). The molecule has 1 aliphatic rings. The van der Waals surface area contributed by atoms with Crippen molar-refractivity contribution < 1.29 is 9.90 Å². The fraction of sp³-hybridized carbons (Fsp3) is 0.400. The molecule has 3 heteroatoms.